The van der Waals surface area contributed by atoms with Crippen LogP contribution in [-0.2, 0) is 6.42 Å². The first kappa shape index (κ1) is 13.6. The standard InChI is InChI=1S/C16H17N3O2/c20-11-13(8-12-4-3-7-17-9-12)10-18-16-19-14-5-1-2-6-15(14)21-16/h1-7,9,13,20H,8,10-11H2,(H,18,19)/t13-/m0/s1. The zero-order chi connectivity index (χ0) is 14.5. The quantitative estimate of drug-likeness (QED) is 0.727. The van der Waals surface area contributed by atoms with E-state index in [1.807, 2.05) is 42.6 Å². The largest absolute Gasteiger partial charge is 0.424 e. The molecule has 0 aliphatic heterocycles. The first-order valence-electron chi connectivity index (χ1n) is 6.94. The van der Waals surface area contributed by atoms with Crippen LogP contribution >= 0.6 is 0 Å². The summed E-state index contributed by atoms with van der Waals surface area (Å²) >= 11 is 0. The third-order valence-electron chi connectivity index (χ3n) is 3.34. The Balaban J connectivity index is 1.62. The second-order valence-electron chi connectivity index (χ2n) is 4.98. The van der Waals surface area contributed by atoms with Crippen molar-refractivity contribution in [3.63, 3.8) is 0 Å². The lowest BCUT2D eigenvalue weighted by Gasteiger charge is -2.13. The average molecular weight is 283 g/mol. The molecule has 0 unspecified atom stereocenters. The van der Waals surface area contributed by atoms with Crippen molar-refractivity contribution in [1.29, 1.82) is 0 Å². The summed E-state index contributed by atoms with van der Waals surface area (Å²) in [5.41, 5.74) is 2.69. The molecule has 0 bridgehead atoms. The van der Waals surface area contributed by atoms with Gasteiger partial charge in [-0.3, -0.25) is 4.98 Å². The maximum Gasteiger partial charge on any atom is 0.295 e. The number of aliphatic hydroxyl groups is 1. The van der Waals surface area contributed by atoms with Crippen LogP contribution in [-0.4, -0.2) is 28.2 Å². The van der Waals surface area contributed by atoms with E-state index in [4.69, 9.17) is 4.42 Å². The smallest absolute Gasteiger partial charge is 0.295 e. The summed E-state index contributed by atoms with van der Waals surface area (Å²) < 4.78 is 5.60. The lowest BCUT2D eigenvalue weighted by atomic mass is 10.0. The highest BCUT2D eigenvalue weighted by Gasteiger charge is 2.11. The third-order valence-corrected chi connectivity index (χ3v) is 3.34. The molecule has 2 heterocycles. The van der Waals surface area contributed by atoms with Crippen LogP contribution < -0.4 is 5.32 Å². The van der Waals surface area contributed by atoms with E-state index in [-0.39, 0.29) is 12.5 Å². The number of nitrogens with one attached hydrogen (secondary N) is 1. The van der Waals surface area contributed by atoms with Crippen LogP contribution in [0.4, 0.5) is 6.01 Å². The predicted octanol–water partition coefficient (Wildman–Crippen LogP) is 2.49. The number of para-hydroxylation sites is 2. The number of aliphatic hydroxyl groups excluding tert-OH is 1. The fourth-order valence-corrected chi connectivity index (χ4v) is 2.23. The summed E-state index contributed by atoms with van der Waals surface area (Å²) in [6.45, 7) is 0.695. The van der Waals surface area contributed by atoms with Crippen molar-refractivity contribution in [3.05, 3.63) is 54.4 Å². The molecule has 0 aliphatic rings. The number of fused-ring (bicyclic) bond motifs is 1. The van der Waals surface area contributed by atoms with Gasteiger partial charge in [0.2, 0.25) is 0 Å². The van der Waals surface area contributed by atoms with Gasteiger partial charge in [0, 0.05) is 31.5 Å². The van der Waals surface area contributed by atoms with Crippen LogP contribution in [0.5, 0.6) is 0 Å². The van der Waals surface area contributed by atoms with Crippen LogP contribution in [0.25, 0.3) is 11.1 Å². The molecule has 0 amide bonds. The summed E-state index contributed by atoms with van der Waals surface area (Å²) in [6, 6.07) is 12.0. The molecule has 3 rings (SSSR count). The Labute approximate surface area is 122 Å². The monoisotopic (exact) mass is 283 g/mol. The Morgan fingerprint density at radius 3 is 2.86 bits per heavy atom. The highest BCUT2D eigenvalue weighted by molar-refractivity contribution is 5.74. The molecule has 0 saturated carbocycles. The highest BCUT2D eigenvalue weighted by Crippen LogP contribution is 2.18. The Morgan fingerprint density at radius 1 is 1.19 bits per heavy atom. The number of aromatic nitrogens is 2. The summed E-state index contributed by atoms with van der Waals surface area (Å²) in [5.74, 6) is 0.0872. The first-order chi connectivity index (χ1) is 10.3. The topological polar surface area (TPSA) is 71.2 Å². The zero-order valence-corrected chi connectivity index (χ0v) is 11.6. The molecule has 0 spiro atoms. The number of rotatable bonds is 6. The molecule has 3 aromatic rings. The van der Waals surface area contributed by atoms with Crippen molar-refractivity contribution in [1.82, 2.24) is 9.97 Å². The van der Waals surface area contributed by atoms with E-state index in [0.29, 0.717) is 12.6 Å². The highest BCUT2D eigenvalue weighted by atomic mass is 16.4. The normalized spacial score (nSPS) is 12.4. The lowest BCUT2D eigenvalue weighted by molar-refractivity contribution is 0.232. The zero-order valence-electron chi connectivity index (χ0n) is 11.6. The van der Waals surface area contributed by atoms with Crippen LogP contribution in [0.15, 0.2) is 53.2 Å². The van der Waals surface area contributed by atoms with Crippen molar-refractivity contribution >= 4 is 17.1 Å². The molecule has 0 fully saturated rings. The van der Waals surface area contributed by atoms with Crippen molar-refractivity contribution in [2.45, 2.75) is 6.42 Å². The number of benzene rings is 1. The van der Waals surface area contributed by atoms with Crippen molar-refractivity contribution in [2.75, 3.05) is 18.5 Å². The molecule has 0 radical (unpaired) electrons. The molecule has 1 atom stereocenters. The van der Waals surface area contributed by atoms with E-state index in [2.05, 4.69) is 15.3 Å². The Kier molecular flexibility index (Phi) is 4.12. The van der Waals surface area contributed by atoms with Gasteiger partial charge in [0.05, 0.1) is 0 Å². The van der Waals surface area contributed by atoms with Gasteiger partial charge in [-0.05, 0) is 30.2 Å². The Morgan fingerprint density at radius 2 is 2.10 bits per heavy atom. The maximum atomic E-state index is 9.49. The molecule has 108 valence electrons. The minimum atomic E-state index is 0.0872. The van der Waals surface area contributed by atoms with E-state index >= 15 is 0 Å². The Hall–Kier alpha value is -2.40. The van der Waals surface area contributed by atoms with Gasteiger partial charge >= 0.3 is 0 Å². The van der Waals surface area contributed by atoms with E-state index in [9.17, 15) is 5.11 Å². The minimum absolute atomic E-state index is 0.0872. The SMILES string of the molecule is OC[C@H](CNc1nc2ccccc2o1)Cc1cccnc1. The molecular weight excluding hydrogens is 266 g/mol. The molecule has 0 saturated heterocycles. The van der Waals surface area contributed by atoms with Gasteiger partial charge in [0.25, 0.3) is 6.01 Å². The van der Waals surface area contributed by atoms with Gasteiger partial charge in [-0.25, -0.2) is 0 Å². The molecule has 21 heavy (non-hydrogen) atoms. The molecule has 1 aromatic carbocycles. The van der Waals surface area contributed by atoms with Gasteiger partial charge in [0.1, 0.15) is 5.52 Å². The number of oxazole rings is 1. The summed E-state index contributed by atoms with van der Waals surface area (Å²) in [5, 5.41) is 12.6. The van der Waals surface area contributed by atoms with Crippen LogP contribution in [0.2, 0.25) is 0 Å². The molecule has 2 aromatic heterocycles. The van der Waals surface area contributed by atoms with E-state index in [1.165, 1.54) is 0 Å². The summed E-state index contributed by atoms with van der Waals surface area (Å²) in [7, 11) is 0. The van der Waals surface area contributed by atoms with Gasteiger partial charge in [0.15, 0.2) is 5.58 Å². The predicted molar refractivity (Wildman–Crippen MR) is 81.0 cm³/mol. The fraction of sp³-hybridized carbons (Fsp3) is 0.250. The number of anilines is 1. The van der Waals surface area contributed by atoms with Gasteiger partial charge in [-0.15, -0.1) is 0 Å². The van der Waals surface area contributed by atoms with Gasteiger partial charge in [-0.1, -0.05) is 18.2 Å². The fourth-order valence-electron chi connectivity index (χ4n) is 2.23. The first-order valence-corrected chi connectivity index (χ1v) is 6.94. The molecular formula is C16H17N3O2. The van der Waals surface area contributed by atoms with E-state index in [1.54, 1.807) is 6.20 Å². The number of pyridine rings is 1. The Bertz CT molecular complexity index is 664. The molecule has 0 aliphatic carbocycles. The molecule has 5 heteroatoms. The van der Waals surface area contributed by atoms with Crippen molar-refractivity contribution in [3.8, 4) is 0 Å². The van der Waals surface area contributed by atoms with Crippen molar-refractivity contribution in [2.24, 2.45) is 5.92 Å². The minimum Gasteiger partial charge on any atom is -0.424 e. The van der Waals surface area contributed by atoms with Crippen LogP contribution in [0.3, 0.4) is 0 Å². The summed E-state index contributed by atoms with van der Waals surface area (Å²) in [6.07, 6.45) is 4.33. The molecule has 5 nitrogen and oxygen atoms in total. The van der Waals surface area contributed by atoms with Gasteiger partial charge < -0.3 is 14.8 Å². The van der Waals surface area contributed by atoms with Crippen LogP contribution in [0.1, 0.15) is 5.56 Å². The second-order valence-corrected chi connectivity index (χ2v) is 4.98. The number of nitrogens with zero attached hydrogens (tertiary/aromatic N) is 2. The van der Waals surface area contributed by atoms with Crippen molar-refractivity contribution < 1.29 is 9.52 Å². The van der Waals surface area contributed by atoms with E-state index < -0.39 is 0 Å². The maximum absolute atomic E-state index is 9.49. The second kappa shape index (κ2) is 6.37. The van der Waals surface area contributed by atoms with Crippen LogP contribution in [0, 0.1) is 5.92 Å². The lowest BCUT2D eigenvalue weighted by Crippen LogP contribution is -2.20. The van der Waals surface area contributed by atoms with Gasteiger partial charge in [-0.2, -0.15) is 4.98 Å². The number of hydrogen-bond acceptors (Lipinski definition) is 5. The van der Waals surface area contributed by atoms with E-state index in [0.717, 1.165) is 23.1 Å². The molecule has 2 N–H and O–H groups in total. The third kappa shape index (κ3) is 3.38. The number of hydrogen-bond donors (Lipinski definition) is 2. The summed E-state index contributed by atoms with van der Waals surface area (Å²) in [4.78, 5) is 8.44. The average Bonchev–Trinajstić information content (AvgIpc) is 2.95.